The molecule has 0 saturated carbocycles. The molecule has 96 valence electrons. The van der Waals surface area contributed by atoms with Crippen LogP contribution in [0, 0.1) is 5.82 Å². The number of benzene rings is 1. The van der Waals surface area contributed by atoms with Gasteiger partial charge >= 0.3 is 0 Å². The number of nitrogens with zero attached hydrogens (tertiary/aromatic N) is 2. The van der Waals surface area contributed by atoms with Crippen LogP contribution in [0.15, 0.2) is 41.4 Å². The van der Waals surface area contributed by atoms with Gasteiger partial charge in [0.1, 0.15) is 5.82 Å². The van der Waals surface area contributed by atoms with Crippen molar-refractivity contribution in [1.82, 2.24) is 15.2 Å². The fourth-order valence-corrected chi connectivity index (χ4v) is 2.61. The molecule has 1 heterocycles. The van der Waals surface area contributed by atoms with Crippen LogP contribution in [0.1, 0.15) is 11.7 Å². The van der Waals surface area contributed by atoms with Gasteiger partial charge in [-0.15, -0.1) is 11.8 Å². The molecular weight excluding hydrogens is 251 g/mol. The topological polar surface area (TPSA) is 55.9 Å². The van der Waals surface area contributed by atoms with Crippen LogP contribution >= 0.6 is 11.8 Å². The lowest BCUT2D eigenvalue weighted by atomic mass is 10.2. The number of hydrazine groups is 1. The zero-order valence-electron chi connectivity index (χ0n) is 10.0. The van der Waals surface area contributed by atoms with Crippen LogP contribution in [-0.2, 0) is 7.05 Å². The van der Waals surface area contributed by atoms with Crippen molar-refractivity contribution >= 4 is 11.8 Å². The third kappa shape index (κ3) is 3.10. The first kappa shape index (κ1) is 13.1. The van der Waals surface area contributed by atoms with Crippen LogP contribution in [0.4, 0.5) is 4.39 Å². The molecule has 0 fully saturated rings. The first-order chi connectivity index (χ1) is 8.70. The third-order valence-electron chi connectivity index (χ3n) is 2.65. The van der Waals surface area contributed by atoms with E-state index in [9.17, 15) is 4.39 Å². The van der Waals surface area contributed by atoms with Gasteiger partial charge in [0.25, 0.3) is 0 Å². The smallest absolute Gasteiger partial charge is 0.123 e. The summed E-state index contributed by atoms with van der Waals surface area (Å²) in [6.45, 7) is 0. The van der Waals surface area contributed by atoms with Crippen molar-refractivity contribution in [3.8, 4) is 0 Å². The van der Waals surface area contributed by atoms with Crippen molar-refractivity contribution in [1.29, 1.82) is 0 Å². The molecule has 0 aliphatic heterocycles. The van der Waals surface area contributed by atoms with E-state index in [2.05, 4.69) is 10.5 Å². The van der Waals surface area contributed by atoms with Crippen molar-refractivity contribution in [2.24, 2.45) is 12.9 Å². The van der Waals surface area contributed by atoms with E-state index in [0.29, 0.717) is 0 Å². The van der Waals surface area contributed by atoms with Crippen LogP contribution in [0.2, 0.25) is 0 Å². The summed E-state index contributed by atoms with van der Waals surface area (Å²) >= 11 is 1.62. The Labute approximate surface area is 109 Å². The Hall–Kier alpha value is -1.37. The highest BCUT2D eigenvalue weighted by Gasteiger charge is 2.13. The minimum Gasteiger partial charge on any atom is -0.271 e. The summed E-state index contributed by atoms with van der Waals surface area (Å²) in [6.07, 6.45) is 1.74. The summed E-state index contributed by atoms with van der Waals surface area (Å²) in [5.74, 6) is 6.09. The molecule has 0 radical (unpaired) electrons. The van der Waals surface area contributed by atoms with Gasteiger partial charge < -0.3 is 0 Å². The number of halogens is 1. The maximum atomic E-state index is 12.8. The molecule has 0 aliphatic rings. The van der Waals surface area contributed by atoms with E-state index in [1.807, 2.05) is 13.1 Å². The van der Waals surface area contributed by atoms with E-state index in [1.165, 1.54) is 12.1 Å². The Balaban J connectivity index is 2.00. The van der Waals surface area contributed by atoms with Crippen molar-refractivity contribution in [3.05, 3.63) is 48.0 Å². The first-order valence-corrected chi connectivity index (χ1v) is 6.51. The molecule has 4 nitrogen and oxygen atoms in total. The zero-order chi connectivity index (χ0) is 13.0. The van der Waals surface area contributed by atoms with E-state index < -0.39 is 0 Å². The third-order valence-corrected chi connectivity index (χ3v) is 3.75. The predicted molar refractivity (Wildman–Crippen MR) is 70.4 cm³/mol. The lowest BCUT2D eigenvalue weighted by Gasteiger charge is -2.15. The Kier molecular flexibility index (Phi) is 4.35. The number of rotatable bonds is 5. The number of aromatic nitrogens is 2. The van der Waals surface area contributed by atoms with E-state index in [-0.39, 0.29) is 11.9 Å². The molecule has 0 saturated heterocycles. The molecule has 1 aromatic heterocycles. The zero-order valence-corrected chi connectivity index (χ0v) is 10.8. The monoisotopic (exact) mass is 266 g/mol. The number of hydrogen-bond donors (Lipinski definition) is 2. The summed E-state index contributed by atoms with van der Waals surface area (Å²) in [5, 5.41) is 4.11. The van der Waals surface area contributed by atoms with Crippen LogP contribution < -0.4 is 11.3 Å². The Morgan fingerprint density at radius 2 is 2.11 bits per heavy atom. The maximum absolute atomic E-state index is 12.8. The highest BCUT2D eigenvalue weighted by molar-refractivity contribution is 7.99. The summed E-state index contributed by atoms with van der Waals surface area (Å²) in [5.41, 5.74) is 3.79. The largest absolute Gasteiger partial charge is 0.271 e. The van der Waals surface area contributed by atoms with Crippen LogP contribution in [0.25, 0.3) is 0 Å². The summed E-state index contributed by atoms with van der Waals surface area (Å²) in [4.78, 5) is 1.01. The Morgan fingerprint density at radius 1 is 1.39 bits per heavy atom. The molecule has 1 unspecified atom stereocenters. The number of thioether (sulfide) groups is 1. The molecule has 6 heteroatoms. The van der Waals surface area contributed by atoms with Crippen LogP contribution in [0.5, 0.6) is 0 Å². The number of hydrogen-bond acceptors (Lipinski definition) is 4. The summed E-state index contributed by atoms with van der Waals surface area (Å²) in [7, 11) is 1.88. The van der Waals surface area contributed by atoms with Crippen LogP contribution in [0.3, 0.4) is 0 Å². The second-order valence-corrected chi connectivity index (χ2v) is 4.96. The molecule has 0 spiro atoms. The fourth-order valence-electron chi connectivity index (χ4n) is 1.66. The van der Waals surface area contributed by atoms with Crippen molar-refractivity contribution in [3.63, 3.8) is 0 Å². The van der Waals surface area contributed by atoms with Gasteiger partial charge in [0.2, 0.25) is 0 Å². The normalized spacial score (nSPS) is 12.6. The molecular formula is C12H15FN4S. The van der Waals surface area contributed by atoms with Crippen molar-refractivity contribution < 1.29 is 4.39 Å². The highest BCUT2D eigenvalue weighted by atomic mass is 32.2. The second-order valence-electron chi connectivity index (χ2n) is 3.86. The van der Waals surface area contributed by atoms with Gasteiger partial charge in [-0.05, 0) is 30.3 Å². The second kappa shape index (κ2) is 5.99. The Morgan fingerprint density at radius 3 is 2.67 bits per heavy atom. The maximum Gasteiger partial charge on any atom is 0.123 e. The van der Waals surface area contributed by atoms with Gasteiger partial charge in [-0.3, -0.25) is 16.0 Å². The van der Waals surface area contributed by atoms with Gasteiger partial charge in [-0.1, -0.05) is 0 Å². The molecule has 1 aromatic carbocycles. The average molecular weight is 266 g/mol. The summed E-state index contributed by atoms with van der Waals surface area (Å²) in [6, 6.07) is 8.37. The van der Waals surface area contributed by atoms with E-state index in [1.54, 1.807) is 34.8 Å². The molecule has 2 aromatic rings. The van der Waals surface area contributed by atoms with E-state index in [4.69, 9.17) is 5.84 Å². The van der Waals surface area contributed by atoms with Crippen LogP contribution in [-0.4, -0.2) is 15.5 Å². The average Bonchev–Trinajstić information content (AvgIpc) is 2.79. The molecule has 1 atom stereocenters. The van der Waals surface area contributed by atoms with Gasteiger partial charge in [0.15, 0.2) is 0 Å². The minimum atomic E-state index is -0.223. The number of nitrogens with two attached hydrogens (primary N) is 1. The molecule has 3 N–H and O–H groups in total. The standard InChI is InChI=1S/C12H15FN4S/c1-17-12(6-7-15-17)11(16-14)8-18-10-4-2-9(13)3-5-10/h2-7,11,16H,8,14H2,1H3. The Bertz CT molecular complexity index is 497. The highest BCUT2D eigenvalue weighted by Crippen LogP contribution is 2.24. The molecule has 2 rings (SSSR count). The quantitative estimate of drug-likeness (QED) is 0.493. The number of aryl methyl sites for hydroxylation is 1. The van der Waals surface area contributed by atoms with E-state index >= 15 is 0 Å². The number of nitrogens with one attached hydrogen (secondary N) is 1. The molecule has 18 heavy (non-hydrogen) atoms. The van der Waals surface area contributed by atoms with Gasteiger partial charge in [-0.2, -0.15) is 5.10 Å². The lowest BCUT2D eigenvalue weighted by Crippen LogP contribution is -2.31. The molecule has 0 bridgehead atoms. The van der Waals surface area contributed by atoms with E-state index in [0.717, 1.165) is 16.3 Å². The first-order valence-electron chi connectivity index (χ1n) is 5.53. The predicted octanol–water partition coefficient (Wildman–Crippen LogP) is 1.86. The van der Waals surface area contributed by atoms with Crippen molar-refractivity contribution in [2.45, 2.75) is 10.9 Å². The summed E-state index contributed by atoms with van der Waals surface area (Å²) < 4.78 is 14.6. The SMILES string of the molecule is Cn1nccc1C(CSc1ccc(F)cc1)NN. The molecule has 0 amide bonds. The minimum absolute atomic E-state index is 0.00699. The van der Waals surface area contributed by atoms with Gasteiger partial charge in [0, 0.05) is 23.9 Å². The van der Waals surface area contributed by atoms with Gasteiger partial charge in [0.05, 0.1) is 11.7 Å². The lowest BCUT2D eigenvalue weighted by molar-refractivity contribution is 0.554. The molecule has 0 aliphatic carbocycles. The van der Waals surface area contributed by atoms with Gasteiger partial charge in [-0.25, -0.2) is 4.39 Å². The fraction of sp³-hybridized carbons (Fsp3) is 0.250. The van der Waals surface area contributed by atoms with Crippen molar-refractivity contribution in [2.75, 3.05) is 5.75 Å².